The zero-order chi connectivity index (χ0) is 34.7. The SMILES string of the molecule is COc1ccc(/C=C\c2cc(OC)c3c(c2)OCO3)cc1N(C(=O)OCC1c2ccccc2-c2ccccc21)C(=O)[C@@H](N)COC(C)(C)C. The van der Waals surface area contributed by atoms with Crippen LogP contribution in [-0.4, -0.2) is 57.9 Å². The number of carbonyl (C=O) groups is 2. The molecule has 10 nitrogen and oxygen atoms in total. The van der Waals surface area contributed by atoms with E-state index in [2.05, 4.69) is 12.1 Å². The van der Waals surface area contributed by atoms with Gasteiger partial charge in [-0.1, -0.05) is 66.7 Å². The zero-order valence-electron chi connectivity index (χ0n) is 28.2. The number of carbonyl (C=O) groups excluding carboxylic acids is 2. The topological polar surface area (TPSA) is 119 Å². The van der Waals surface area contributed by atoms with Crippen LogP contribution in [0.1, 0.15) is 48.9 Å². The zero-order valence-corrected chi connectivity index (χ0v) is 28.2. The molecule has 6 rings (SSSR count). The first kappa shape index (κ1) is 33.6. The minimum atomic E-state index is -1.16. The van der Waals surface area contributed by atoms with Crippen LogP contribution < -0.4 is 29.6 Å². The first-order valence-electron chi connectivity index (χ1n) is 16.0. The monoisotopic (exact) mass is 664 g/mol. The van der Waals surface area contributed by atoms with Gasteiger partial charge in [-0.15, -0.1) is 0 Å². The lowest BCUT2D eigenvalue weighted by Crippen LogP contribution is -2.50. The third-order valence-electron chi connectivity index (χ3n) is 8.34. The first-order valence-corrected chi connectivity index (χ1v) is 16.0. The minimum Gasteiger partial charge on any atom is -0.495 e. The predicted octanol–water partition coefficient (Wildman–Crippen LogP) is 7.03. The number of benzene rings is 4. The van der Waals surface area contributed by atoms with Gasteiger partial charge < -0.3 is 34.2 Å². The van der Waals surface area contributed by atoms with Crippen LogP contribution >= 0.6 is 0 Å². The number of nitrogens with zero attached hydrogens (tertiary/aromatic N) is 1. The molecule has 1 atom stereocenters. The van der Waals surface area contributed by atoms with Crippen molar-refractivity contribution in [1.82, 2.24) is 0 Å². The van der Waals surface area contributed by atoms with Crippen molar-refractivity contribution in [3.05, 3.63) is 101 Å². The molecule has 0 spiro atoms. The fourth-order valence-electron chi connectivity index (χ4n) is 5.97. The molecular weight excluding hydrogens is 624 g/mol. The van der Waals surface area contributed by atoms with E-state index < -0.39 is 23.6 Å². The third-order valence-corrected chi connectivity index (χ3v) is 8.34. The molecule has 49 heavy (non-hydrogen) atoms. The van der Waals surface area contributed by atoms with Crippen LogP contribution in [0.3, 0.4) is 0 Å². The Bertz CT molecular complexity index is 1850. The average Bonchev–Trinajstić information content (AvgIpc) is 3.71. The first-order chi connectivity index (χ1) is 23.6. The van der Waals surface area contributed by atoms with Gasteiger partial charge in [0.2, 0.25) is 12.5 Å². The van der Waals surface area contributed by atoms with Crippen molar-refractivity contribution in [2.24, 2.45) is 5.73 Å². The summed E-state index contributed by atoms with van der Waals surface area (Å²) in [6, 6.07) is 23.8. The Labute approximate surface area is 285 Å². The van der Waals surface area contributed by atoms with Gasteiger partial charge in [0.05, 0.1) is 32.1 Å². The third kappa shape index (κ3) is 7.11. The summed E-state index contributed by atoms with van der Waals surface area (Å²) in [5.41, 5.74) is 11.8. The van der Waals surface area contributed by atoms with Crippen molar-refractivity contribution in [3.8, 4) is 34.1 Å². The van der Waals surface area contributed by atoms with Gasteiger partial charge in [0.25, 0.3) is 5.91 Å². The van der Waals surface area contributed by atoms with Gasteiger partial charge in [-0.3, -0.25) is 4.79 Å². The van der Waals surface area contributed by atoms with E-state index in [4.69, 9.17) is 34.2 Å². The summed E-state index contributed by atoms with van der Waals surface area (Å²) in [5.74, 6) is 1.06. The maximum atomic E-state index is 14.1. The van der Waals surface area contributed by atoms with Crippen molar-refractivity contribution in [2.75, 3.05) is 39.1 Å². The molecule has 0 bridgehead atoms. The van der Waals surface area contributed by atoms with Gasteiger partial charge >= 0.3 is 6.09 Å². The molecule has 254 valence electrons. The van der Waals surface area contributed by atoms with Crippen LogP contribution in [-0.2, 0) is 14.3 Å². The Hall–Kier alpha value is -5.32. The molecule has 1 aliphatic heterocycles. The molecule has 0 fully saturated rings. The lowest BCUT2D eigenvalue weighted by molar-refractivity contribution is -0.122. The van der Waals surface area contributed by atoms with Gasteiger partial charge in [-0.05, 0) is 78.4 Å². The number of imide groups is 1. The number of fused-ring (bicyclic) bond motifs is 4. The number of rotatable bonds is 10. The maximum absolute atomic E-state index is 14.1. The Morgan fingerprint density at radius 2 is 1.53 bits per heavy atom. The summed E-state index contributed by atoms with van der Waals surface area (Å²) in [6.07, 6.45) is 2.82. The van der Waals surface area contributed by atoms with Crippen molar-refractivity contribution in [1.29, 1.82) is 0 Å². The summed E-state index contributed by atoms with van der Waals surface area (Å²) in [5, 5.41) is 0. The van der Waals surface area contributed by atoms with Crippen LogP contribution in [0.25, 0.3) is 23.3 Å². The van der Waals surface area contributed by atoms with E-state index in [-0.39, 0.29) is 37.4 Å². The Morgan fingerprint density at radius 3 is 2.18 bits per heavy atom. The van der Waals surface area contributed by atoms with Crippen LogP contribution in [0, 0.1) is 0 Å². The average molecular weight is 665 g/mol. The highest BCUT2D eigenvalue weighted by Gasteiger charge is 2.35. The van der Waals surface area contributed by atoms with Crippen molar-refractivity contribution in [3.63, 3.8) is 0 Å². The Kier molecular flexibility index (Phi) is 9.62. The normalized spacial score (nSPS) is 13.9. The number of amides is 2. The lowest BCUT2D eigenvalue weighted by atomic mass is 9.98. The van der Waals surface area contributed by atoms with E-state index in [0.717, 1.165) is 32.7 Å². The van der Waals surface area contributed by atoms with Gasteiger partial charge in [-0.25, -0.2) is 9.69 Å². The summed E-state index contributed by atoms with van der Waals surface area (Å²) < 4.78 is 34.0. The molecule has 2 aliphatic rings. The van der Waals surface area contributed by atoms with Crippen molar-refractivity contribution < 1.29 is 38.0 Å². The van der Waals surface area contributed by atoms with E-state index in [0.29, 0.717) is 22.8 Å². The molecule has 2 amide bonds. The molecule has 0 saturated heterocycles. The summed E-state index contributed by atoms with van der Waals surface area (Å²) >= 11 is 0. The van der Waals surface area contributed by atoms with Crippen molar-refractivity contribution >= 4 is 29.8 Å². The number of hydrogen-bond donors (Lipinski definition) is 1. The van der Waals surface area contributed by atoms with E-state index in [9.17, 15) is 9.59 Å². The van der Waals surface area contributed by atoms with Gasteiger partial charge in [-0.2, -0.15) is 0 Å². The standard InChI is InChI=1S/C39H40N2O8/c1-39(2,3)49-22-31(40)37(42)41(38(43)46-21-30-28-12-8-6-10-26(28)27-11-7-9-13-29(27)30)32-18-24(16-17-33(32)44-4)14-15-25-19-34(45-5)36-35(20-25)47-23-48-36/h6-20,30-31H,21-23,40H2,1-5H3/b15-14-/t31-/m0/s1. The summed E-state index contributed by atoms with van der Waals surface area (Å²) in [7, 11) is 3.03. The highest BCUT2D eigenvalue weighted by atomic mass is 16.7. The van der Waals surface area contributed by atoms with Crippen LogP contribution in [0.15, 0.2) is 78.9 Å². The van der Waals surface area contributed by atoms with Crippen LogP contribution in [0.4, 0.5) is 10.5 Å². The molecule has 4 aromatic rings. The number of ether oxygens (including phenoxy) is 6. The number of nitrogens with two attached hydrogens (primary N) is 1. The predicted molar refractivity (Wildman–Crippen MR) is 187 cm³/mol. The van der Waals surface area contributed by atoms with E-state index in [1.807, 2.05) is 87.5 Å². The smallest absolute Gasteiger partial charge is 0.421 e. The maximum Gasteiger partial charge on any atom is 0.421 e. The second-order valence-corrected chi connectivity index (χ2v) is 12.7. The van der Waals surface area contributed by atoms with Gasteiger partial charge in [0.15, 0.2) is 11.5 Å². The molecule has 0 aromatic heterocycles. The number of methoxy groups -OCH3 is 2. The largest absolute Gasteiger partial charge is 0.495 e. The molecule has 0 saturated carbocycles. The van der Waals surface area contributed by atoms with Gasteiger partial charge in [0, 0.05) is 5.92 Å². The van der Waals surface area contributed by atoms with E-state index >= 15 is 0 Å². The molecule has 4 aromatic carbocycles. The van der Waals surface area contributed by atoms with Crippen LogP contribution in [0.5, 0.6) is 23.0 Å². The fourth-order valence-corrected chi connectivity index (χ4v) is 5.97. The summed E-state index contributed by atoms with van der Waals surface area (Å²) in [4.78, 5) is 29.1. The highest BCUT2D eigenvalue weighted by molar-refractivity contribution is 6.15. The highest BCUT2D eigenvalue weighted by Crippen LogP contribution is 2.45. The van der Waals surface area contributed by atoms with E-state index in [1.54, 1.807) is 19.2 Å². The summed E-state index contributed by atoms with van der Waals surface area (Å²) in [6.45, 7) is 5.61. The van der Waals surface area contributed by atoms with Crippen LogP contribution in [0.2, 0.25) is 0 Å². The molecule has 1 aliphatic carbocycles. The second-order valence-electron chi connectivity index (χ2n) is 12.7. The quantitative estimate of drug-likeness (QED) is 0.178. The molecule has 2 N–H and O–H groups in total. The Balaban J connectivity index is 1.32. The molecule has 0 radical (unpaired) electrons. The fraction of sp³-hybridized carbons (Fsp3) is 0.282. The number of hydrogen-bond acceptors (Lipinski definition) is 9. The van der Waals surface area contributed by atoms with E-state index in [1.165, 1.54) is 7.11 Å². The minimum absolute atomic E-state index is 0.0121. The molecular formula is C39H40N2O8. The number of anilines is 1. The Morgan fingerprint density at radius 1 is 0.878 bits per heavy atom. The van der Waals surface area contributed by atoms with Gasteiger partial charge in [0.1, 0.15) is 18.4 Å². The molecule has 0 unspecified atom stereocenters. The van der Waals surface area contributed by atoms with Crippen molar-refractivity contribution in [2.45, 2.75) is 38.3 Å². The molecule has 10 heteroatoms. The second kappa shape index (κ2) is 14.0. The lowest BCUT2D eigenvalue weighted by Gasteiger charge is -2.27. The molecule has 1 heterocycles.